The SMILES string of the molecule is O=C(O)c1ccc2nc(NC(=O)N3CCOCC3)sc2c1. The number of thiazole rings is 1. The highest BCUT2D eigenvalue weighted by Gasteiger charge is 2.18. The molecular weight excluding hydrogens is 294 g/mol. The molecule has 1 aromatic carbocycles. The largest absolute Gasteiger partial charge is 0.478 e. The second-order valence-corrected chi connectivity index (χ2v) is 5.57. The van der Waals surface area contributed by atoms with Gasteiger partial charge in [-0.1, -0.05) is 11.3 Å². The molecule has 1 fully saturated rings. The third-order valence-corrected chi connectivity index (χ3v) is 4.08. The maximum absolute atomic E-state index is 12.1. The Morgan fingerprint density at radius 1 is 1.33 bits per heavy atom. The van der Waals surface area contributed by atoms with Crippen molar-refractivity contribution in [2.75, 3.05) is 31.6 Å². The molecule has 1 aromatic heterocycles. The summed E-state index contributed by atoms with van der Waals surface area (Å²) in [6.45, 7) is 2.18. The molecule has 0 aliphatic carbocycles. The maximum atomic E-state index is 12.1. The van der Waals surface area contributed by atoms with Gasteiger partial charge in [-0.05, 0) is 18.2 Å². The highest BCUT2D eigenvalue weighted by molar-refractivity contribution is 7.22. The topological polar surface area (TPSA) is 91.8 Å². The number of carbonyl (C=O) groups is 2. The zero-order valence-corrected chi connectivity index (χ0v) is 11.9. The van der Waals surface area contributed by atoms with Crippen molar-refractivity contribution in [1.29, 1.82) is 0 Å². The lowest BCUT2D eigenvalue weighted by Gasteiger charge is -2.26. The zero-order chi connectivity index (χ0) is 14.8. The number of fused-ring (bicyclic) bond motifs is 1. The molecule has 8 heteroatoms. The van der Waals surface area contributed by atoms with E-state index in [-0.39, 0.29) is 11.6 Å². The quantitative estimate of drug-likeness (QED) is 0.883. The fraction of sp³-hybridized carbons (Fsp3) is 0.308. The summed E-state index contributed by atoms with van der Waals surface area (Å²) in [7, 11) is 0. The molecule has 0 saturated carbocycles. The number of carboxylic acid groups (broad SMARTS) is 1. The van der Waals surface area contributed by atoms with Gasteiger partial charge in [0.1, 0.15) is 0 Å². The number of amides is 2. The molecule has 2 amide bonds. The van der Waals surface area contributed by atoms with Crippen molar-refractivity contribution < 1.29 is 19.4 Å². The summed E-state index contributed by atoms with van der Waals surface area (Å²) in [6, 6.07) is 4.48. The number of ether oxygens (including phenoxy) is 1. The lowest BCUT2D eigenvalue weighted by Crippen LogP contribution is -2.43. The first-order valence-electron chi connectivity index (χ1n) is 6.41. The van der Waals surface area contributed by atoms with Crippen LogP contribution in [0.2, 0.25) is 0 Å². The molecule has 0 atom stereocenters. The van der Waals surface area contributed by atoms with Crippen molar-refractivity contribution in [3.8, 4) is 0 Å². The molecular formula is C13H13N3O4S. The summed E-state index contributed by atoms with van der Waals surface area (Å²) in [5, 5.41) is 12.2. The summed E-state index contributed by atoms with van der Waals surface area (Å²) in [5.74, 6) is -0.982. The molecule has 2 N–H and O–H groups in total. The fourth-order valence-corrected chi connectivity index (χ4v) is 2.94. The van der Waals surface area contributed by atoms with E-state index in [0.29, 0.717) is 37.0 Å². The van der Waals surface area contributed by atoms with Gasteiger partial charge in [-0.2, -0.15) is 0 Å². The van der Waals surface area contributed by atoms with Crippen LogP contribution in [0, 0.1) is 0 Å². The number of morpholine rings is 1. The van der Waals surface area contributed by atoms with E-state index in [4.69, 9.17) is 9.84 Å². The smallest absolute Gasteiger partial charge is 0.335 e. The molecule has 0 spiro atoms. The van der Waals surface area contributed by atoms with Gasteiger partial charge in [0.25, 0.3) is 0 Å². The van der Waals surface area contributed by atoms with Gasteiger partial charge in [0, 0.05) is 13.1 Å². The first kappa shape index (κ1) is 13.8. The number of anilines is 1. The predicted molar refractivity (Wildman–Crippen MR) is 78.0 cm³/mol. The molecule has 0 unspecified atom stereocenters. The molecule has 110 valence electrons. The Hall–Kier alpha value is -2.19. The third-order valence-electron chi connectivity index (χ3n) is 3.15. The number of carboxylic acids is 1. The summed E-state index contributed by atoms with van der Waals surface area (Å²) in [6.07, 6.45) is 0. The van der Waals surface area contributed by atoms with Gasteiger partial charge in [0.15, 0.2) is 5.13 Å². The number of aromatic nitrogens is 1. The average molecular weight is 307 g/mol. The van der Waals surface area contributed by atoms with Crippen LogP contribution in [0.5, 0.6) is 0 Å². The summed E-state index contributed by atoms with van der Waals surface area (Å²) >= 11 is 1.26. The van der Waals surface area contributed by atoms with Gasteiger partial charge >= 0.3 is 12.0 Å². The van der Waals surface area contributed by atoms with Crippen LogP contribution in [0.4, 0.5) is 9.93 Å². The van der Waals surface area contributed by atoms with E-state index in [0.717, 1.165) is 4.70 Å². The Morgan fingerprint density at radius 3 is 2.81 bits per heavy atom. The summed E-state index contributed by atoms with van der Waals surface area (Å²) in [5.41, 5.74) is 0.875. The number of hydrogen-bond donors (Lipinski definition) is 2. The predicted octanol–water partition coefficient (Wildman–Crippen LogP) is 1.86. The fourth-order valence-electron chi connectivity index (χ4n) is 2.05. The maximum Gasteiger partial charge on any atom is 0.335 e. The molecule has 1 aliphatic rings. The molecule has 0 bridgehead atoms. The Labute approximate surface area is 124 Å². The number of hydrogen-bond acceptors (Lipinski definition) is 5. The molecule has 2 aromatic rings. The minimum Gasteiger partial charge on any atom is -0.478 e. The monoisotopic (exact) mass is 307 g/mol. The summed E-state index contributed by atoms with van der Waals surface area (Å²) < 4.78 is 5.92. The highest BCUT2D eigenvalue weighted by atomic mass is 32.1. The van der Waals surface area contributed by atoms with Crippen LogP contribution in [-0.2, 0) is 4.74 Å². The van der Waals surface area contributed by atoms with E-state index in [2.05, 4.69) is 10.3 Å². The lowest BCUT2D eigenvalue weighted by molar-refractivity contribution is 0.0564. The van der Waals surface area contributed by atoms with Crippen molar-refractivity contribution in [3.63, 3.8) is 0 Å². The minimum absolute atomic E-state index is 0.206. The average Bonchev–Trinajstić information content (AvgIpc) is 2.89. The third kappa shape index (κ3) is 2.96. The number of benzene rings is 1. The van der Waals surface area contributed by atoms with Crippen LogP contribution < -0.4 is 5.32 Å². The van der Waals surface area contributed by atoms with E-state index in [9.17, 15) is 9.59 Å². The van der Waals surface area contributed by atoms with Crippen LogP contribution in [0.1, 0.15) is 10.4 Å². The molecule has 0 radical (unpaired) electrons. The number of aromatic carboxylic acids is 1. The van der Waals surface area contributed by atoms with Crippen molar-refractivity contribution in [2.45, 2.75) is 0 Å². The van der Waals surface area contributed by atoms with Gasteiger partial charge < -0.3 is 14.7 Å². The normalized spacial score (nSPS) is 15.1. The molecule has 1 saturated heterocycles. The van der Waals surface area contributed by atoms with E-state index >= 15 is 0 Å². The molecule has 7 nitrogen and oxygen atoms in total. The van der Waals surface area contributed by atoms with E-state index in [1.807, 2.05) is 0 Å². The van der Waals surface area contributed by atoms with Crippen molar-refractivity contribution in [2.24, 2.45) is 0 Å². The zero-order valence-electron chi connectivity index (χ0n) is 11.0. The molecule has 2 heterocycles. The first-order chi connectivity index (χ1) is 10.1. The van der Waals surface area contributed by atoms with Crippen LogP contribution in [0.25, 0.3) is 10.2 Å². The Bertz CT molecular complexity index is 694. The number of nitrogens with one attached hydrogen (secondary N) is 1. The van der Waals surface area contributed by atoms with Crippen molar-refractivity contribution in [1.82, 2.24) is 9.88 Å². The number of carbonyl (C=O) groups excluding carboxylic acids is 1. The van der Waals surface area contributed by atoms with Crippen LogP contribution in [-0.4, -0.2) is 53.3 Å². The van der Waals surface area contributed by atoms with Gasteiger partial charge in [-0.15, -0.1) is 0 Å². The number of urea groups is 1. The van der Waals surface area contributed by atoms with Crippen LogP contribution in [0.15, 0.2) is 18.2 Å². The second-order valence-electron chi connectivity index (χ2n) is 4.54. The van der Waals surface area contributed by atoms with E-state index in [1.165, 1.54) is 17.4 Å². The van der Waals surface area contributed by atoms with Gasteiger partial charge in [0.2, 0.25) is 0 Å². The highest BCUT2D eigenvalue weighted by Crippen LogP contribution is 2.27. The van der Waals surface area contributed by atoms with Gasteiger partial charge in [-0.25, -0.2) is 14.6 Å². The minimum atomic E-state index is -0.982. The Morgan fingerprint density at radius 2 is 2.10 bits per heavy atom. The number of nitrogens with zero attached hydrogens (tertiary/aromatic N) is 2. The Kier molecular flexibility index (Phi) is 3.72. The standard InChI is InChI=1S/C13H13N3O4S/c17-11(18)8-1-2-9-10(7-8)21-12(14-9)15-13(19)16-3-5-20-6-4-16/h1-2,7H,3-6H2,(H,17,18)(H,14,15,19). The Balaban J connectivity index is 1.77. The lowest BCUT2D eigenvalue weighted by atomic mass is 10.2. The van der Waals surface area contributed by atoms with E-state index < -0.39 is 5.97 Å². The molecule has 3 rings (SSSR count). The molecule has 1 aliphatic heterocycles. The molecule has 21 heavy (non-hydrogen) atoms. The number of rotatable bonds is 2. The van der Waals surface area contributed by atoms with Crippen molar-refractivity contribution in [3.05, 3.63) is 23.8 Å². The van der Waals surface area contributed by atoms with Gasteiger partial charge in [-0.3, -0.25) is 5.32 Å². The van der Waals surface area contributed by atoms with E-state index in [1.54, 1.807) is 17.0 Å². The first-order valence-corrected chi connectivity index (χ1v) is 7.23. The second kappa shape index (κ2) is 5.66. The van der Waals surface area contributed by atoms with Gasteiger partial charge in [0.05, 0.1) is 29.0 Å². The van der Waals surface area contributed by atoms with Crippen LogP contribution in [0.3, 0.4) is 0 Å². The summed E-state index contributed by atoms with van der Waals surface area (Å²) in [4.78, 5) is 28.9. The van der Waals surface area contributed by atoms with Crippen LogP contribution >= 0.6 is 11.3 Å². The van der Waals surface area contributed by atoms with Crippen molar-refractivity contribution >= 4 is 38.7 Å².